The molecular weight excluding hydrogens is 408 g/mol. The summed E-state index contributed by atoms with van der Waals surface area (Å²) in [6, 6.07) is 11.5. The SMILES string of the molecule is COc1ccc(/C=N/NS(=O)(=O)c2ccc(OC(C)C)cc2)cc1Br. The molecule has 0 atom stereocenters. The summed E-state index contributed by atoms with van der Waals surface area (Å²) in [5, 5.41) is 3.80. The first-order valence-electron chi connectivity index (χ1n) is 7.47. The number of hydrogen-bond acceptors (Lipinski definition) is 5. The van der Waals surface area contributed by atoms with Crippen LogP contribution in [0, 0.1) is 0 Å². The average molecular weight is 427 g/mol. The Bertz CT molecular complexity index is 849. The minimum Gasteiger partial charge on any atom is -0.496 e. The molecule has 0 fully saturated rings. The van der Waals surface area contributed by atoms with Gasteiger partial charge in [-0.15, -0.1) is 0 Å². The summed E-state index contributed by atoms with van der Waals surface area (Å²) in [6.07, 6.45) is 1.44. The van der Waals surface area contributed by atoms with Gasteiger partial charge in [0.25, 0.3) is 10.0 Å². The van der Waals surface area contributed by atoms with Crippen LogP contribution in [0.15, 0.2) is 56.9 Å². The van der Waals surface area contributed by atoms with Crippen LogP contribution in [0.25, 0.3) is 0 Å². The van der Waals surface area contributed by atoms with E-state index in [0.29, 0.717) is 11.5 Å². The van der Waals surface area contributed by atoms with Crippen molar-refractivity contribution in [1.82, 2.24) is 4.83 Å². The van der Waals surface area contributed by atoms with Gasteiger partial charge >= 0.3 is 0 Å². The number of rotatable bonds is 7. The molecule has 0 radical (unpaired) electrons. The zero-order valence-electron chi connectivity index (χ0n) is 14.1. The van der Waals surface area contributed by atoms with Crippen LogP contribution < -0.4 is 14.3 Å². The Labute approximate surface area is 156 Å². The van der Waals surface area contributed by atoms with Crippen molar-refractivity contribution in [2.24, 2.45) is 5.10 Å². The first kappa shape index (κ1) is 19.3. The van der Waals surface area contributed by atoms with E-state index in [-0.39, 0.29) is 11.0 Å². The van der Waals surface area contributed by atoms with E-state index in [0.717, 1.165) is 10.0 Å². The number of ether oxygens (including phenoxy) is 2. The number of benzene rings is 2. The van der Waals surface area contributed by atoms with Crippen molar-refractivity contribution < 1.29 is 17.9 Å². The number of nitrogens with zero attached hydrogens (tertiary/aromatic N) is 1. The maximum Gasteiger partial charge on any atom is 0.276 e. The highest BCUT2D eigenvalue weighted by atomic mass is 79.9. The molecule has 0 unspecified atom stereocenters. The van der Waals surface area contributed by atoms with Gasteiger partial charge in [0.15, 0.2) is 0 Å². The van der Waals surface area contributed by atoms with E-state index in [4.69, 9.17) is 9.47 Å². The van der Waals surface area contributed by atoms with Crippen molar-refractivity contribution in [3.05, 3.63) is 52.5 Å². The number of hydrogen-bond donors (Lipinski definition) is 1. The summed E-state index contributed by atoms with van der Waals surface area (Å²) in [4.78, 5) is 2.29. The smallest absolute Gasteiger partial charge is 0.276 e. The second kappa shape index (κ2) is 8.35. The molecule has 2 aromatic carbocycles. The largest absolute Gasteiger partial charge is 0.496 e. The zero-order chi connectivity index (χ0) is 18.4. The molecule has 25 heavy (non-hydrogen) atoms. The summed E-state index contributed by atoms with van der Waals surface area (Å²) in [5.41, 5.74) is 0.719. The lowest BCUT2D eigenvalue weighted by molar-refractivity contribution is 0.242. The van der Waals surface area contributed by atoms with Gasteiger partial charge in [-0.05, 0) is 77.8 Å². The highest BCUT2D eigenvalue weighted by Crippen LogP contribution is 2.24. The molecule has 0 aromatic heterocycles. The van der Waals surface area contributed by atoms with Crippen molar-refractivity contribution in [3.63, 3.8) is 0 Å². The topological polar surface area (TPSA) is 77.0 Å². The Hall–Kier alpha value is -2.06. The summed E-state index contributed by atoms with van der Waals surface area (Å²) in [5.74, 6) is 1.29. The molecule has 6 nitrogen and oxygen atoms in total. The maximum absolute atomic E-state index is 12.2. The minimum absolute atomic E-state index is 0.0222. The van der Waals surface area contributed by atoms with E-state index in [9.17, 15) is 8.42 Å². The Morgan fingerprint density at radius 1 is 1.16 bits per heavy atom. The van der Waals surface area contributed by atoms with Gasteiger partial charge in [0.1, 0.15) is 11.5 Å². The number of methoxy groups -OCH3 is 1. The predicted octanol–water partition coefficient (Wildman–Crippen LogP) is 3.56. The molecule has 0 amide bonds. The molecular formula is C17H19BrN2O4S. The van der Waals surface area contributed by atoms with Gasteiger partial charge in [0.2, 0.25) is 0 Å². The van der Waals surface area contributed by atoms with Crippen molar-refractivity contribution in [2.45, 2.75) is 24.8 Å². The molecule has 2 rings (SSSR count). The van der Waals surface area contributed by atoms with E-state index in [1.807, 2.05) is 13.8 Å². The highest BCUT2D eigenvalue weighted by Gasteiger charge is 2.12. The van der Waals surface area contributed by atoms with Gasteiger partial charge in [-0.3, -0.25) is 0 Å². The molecule has 0 bridgehead atoms. The van der Waals surface area contributed by atoms with Crippen LogP contribution in [0.3, 0.4) is 0 Å². The third-order valence-corrected chi connectivity index (χ3v) is 4.93. The molecule has 0 aliphatic rings. The summed E-state index contributed by atoms with van der Waals surface area (Å²) in [7, 11) is -2.17. The summed E-state index contributed by atoms with van der Waals surface area (Å²) >= 11 is 3.36. The van der Waals surface area contributed by atoms with Crippen molar-refractivity contribution in [3.8, 4) is 11.5 Å². The van der Waals surface area contributed by atoms with Crippen LogP contribution in [0.2, 0.25) is 0 Å². The number of hydrazone groups is 1. The van der Waals surface area contributed by atoms with Gasteiger partial charge < -0.3 is 9.47 Å². The molecule has 0 aliphatic heterocycles. The number of sulfonamides is 1. The van der Waals surface area contributed by atoms with E-state index < -0.39 is 10.0 Å². The fourth-order valence-corrected chi connectivity index (χ4v) is 3.31. The highest BCUT2D eigenvalue weighted by molar-refractivity contribution is 9.10. The number of nitrogens with one attached hydrogen (secondary N) is 1. The maximum atomic E-state index is 12.2. The van der Waals surface area contributed by atoms with Crippen LogP contribution in [0.5, 0.6) is 11.5 Å². The quantitative estimate of drug-likeness (QED) is 0.542. The van der Waals surface area contributed by atoms with Crippen LogP contribution in [-0.2, 0) is 10.0 Å². The zero-order valence-corrected chi connectivity index (χ0v) is 16.5. The minimum atomic E-state index is -3.74. The van der Waals surface area contributed by atoms with E-state index in [1.54, 1.807) is 37.4 Å². The lowest BCUT2D eigenvalue weighted by Gasteiger charge is -2.10. The fourth-order valence-electron chi connectivity index (χ4n) is 1.96. The summed E-state index contributed by atoms with van der Waals surface area (Å²) in [6.45, 7) is 3.80. The number of halogens is 1. The van der Waals surface area contributed by atoms with E-state index >= 15 is 0 Å². The van der Waals surface area contributed by atoms with Gasteiger partial charge in [0.05, 0.1) is 28.8 Å². The molecule has 0 aliphatic carbocycles. The average Bonchev–Trinajstić information content (AvgIpc) is 2.55. The molecule has 0 saturated heterocycles. The molecule has 0 heterocycles. The third-order valence-electron chi connectivity index (χ3n) is 3.07. The standard InChI is InChI=1S/C17H19BrN2O4S/c1-12(2)24-14-5-7-15(8-6-14)25(21,22)20-19-11-13-4-9-17(23-3)16(18)10-13/h4-12,20H,1-3H3/b19-11+. The van der Waals surface area contributed by atoms with E-state index in [1.165, 1.54) is 18.3 Å². The molecule has 134 valence electrons. The monoisotopic (exact) mass is 426 g/mol. The molecule has 1 N–H and O–H groups in total. The van der Waals surface area contributed by atoms with E-state index in [2.05, 4.69) is 25.9 Å². The normalized spacial score (nSPS) is 11.7. The van der Waals surface area contributed by atoms with Crippen LogP contribution in [0.4, 0.5) is 0 Å². The van der Waals surface area contributed by atoms with Crippen LogP contribution in [0.1, 0.15) is 19.4 Å². The van der Waals surface area contributed by atoms with Crippen molar-refractivity contribution in [1.29, 1.82) is 0 Å². The predicted molar refractivity (Wildman–Crippen MR) is 101 cm³/mol. The molecule has 2 aromatic rings. The molecule has 0 saturated carbocycles. The van der Waals surface area contributed by atoms with Gasteiger partial charge in [-0.1, -0.05) is 0 Å². The van der Waals surface area contributed by atoms with Gasteiger partial charge in [0, 0.05) is 0 Å². The second-order valence-corrected chi connectivity index (χ2v) is 7.90. The van der Waals surface area contributed by atoms with Crippen molar-refractivity contribution in [2.75, 3.05) is 7.11 Å². The fraction of sp³-hybridized carbons (Fsp3) is 0.235. The summed E-state index contributed by atoms with van der Waals surface area (Å²) < 4.78 is 35.8. The van der Waals surface area contributed by atoms with Crippen LogP contribution in [-0.4, -0.2) is 27.8 Å². The second-order valence-electron chi connectivity index (χ2n) is 5.38. The first-order chi connectivity index (χ1) is 11.8. The Morgan fingerprint density at radius 2 is 1.84 bits per heavy atom. The molecule has 8 heteroatoms. The Morgan fingerprint density at radius 3 is 2.40 bits per heavy atom. The Balaban J connectivity index is 2.07. The lowest BCUT2D eigenvalue weighted by atomic mass is 10.2. The van der Waals surface area contributed by atoms with Gasteiger partial charge in [-0.25, -0.2) is 4.83 Å². The van der Waals surface area contributed by atoms with Crippen molar-refractivity contribution >= 4 is 32.2 Å². The van der Waals surface area contributed by atoms with Crippen LogP contribution >= 0.6 is 15.9 Å². The molecule has 0 spiro atoms. The van der Waals surface area contributed by atoms with Gasteiger partial charge in [-0.2, -0.15) is 13.5 Å². The third kappa shape index (κ3) is 5.47. The first-order valence-corrected chi connectivity index (χ1v) is 9.74. The Kier molecular flexibility index (Phi) is 6.44. The lowest BCUT2D eigenvalue weighted by Crippen LogP contribution is -2.18.